The summed E-state index contributed by atoms with van der Waals surface area (Å²) >= 11 is 0. The Bertz CT molecular complexity index is 494. The summed E-state index contributed by atoms with van der Waals surface area (Å²) in [6.07, 6.45) is 0. The molecular formula is C15H21N3O2. The highest BCUT2D eigenvalue weighted by atomic mass is 16.2. The summed E-state index contributed by atoms with van der Waals surface area (Å²) in [5.74, 6) is 0.0461. The van der Waals surface area contributed by atoms with Crippen molar-refractivity contribution in [2.24, 2.45) is 5.92 Å². The lowest BCUT2D eigenvalue weighted by atomic mass is 10.0. The van der Waals surface area contributed by atoms with Crippen LogP contribution in [0.15, 0.2) is 24.3 Å². The maximum absolute atomic E-state index is 12.2. The average molecular weight is 275 g/mol. The molecule has 1 aromatic rings. The highest BCUT2D eigenvalue weighted by Gasteiger charge is 2.24. The second kappa shape index (κ2) is 6.52. The lowest BCUT2D eigenvalue weighted by molar-refractivity contribution is -0.121. The number of nitrogens with one attached hydrogen (secondary N) is 2. The lowest BCUT2D eigenvalue weighted by Crippen LogP contribution is -2.48. The van der Waals surface area contributed by atoms with Crippen LogP contribution >= 0.6 is 0 Å². The number of nitrogens with zero attached hydrogens (tertiary/aromatic N) is 1. The van der Waals surface area contributed by atoms with Crippen LogP contribution < -0.4 is 10.6 Å². The van der Waals surface area contributed by atoms with E-state index >= 15 is 0 Å². The SMILES string of the molecule is CCN(CC)C(=O)c1cccc(NC(=O)C2CNC2)c1. The van der Waals surface area contributed by atoms with E-state index in [1.807, 2.05) is 19.9 Å². The molecule has 108 valence electrons. The van der Waals surface area contributed by atoms with Crippen molar-refractivity contribution in [3.05, 3.63) is 29.8 Å². The zero-order chi connectivity index (χ0) is 14.5. The van der Waals surface area contributed by atoms with Gasteiger partial charge in [0, 0.05) is 37.4 Å². The molecule has 0 aliphatic carbocycles. The third-order valence-electron chi connectivity index (χ3n) is 3.58. The Morgan fingerprint density at radius 3 is 2.55 bits per heavy atom. The van der Waals surface area contributed by atoms with Crippen molar-refractivity contribution in [2.45, 2.75) is 13.8 Å². The van der Waals surface area contributed by atoms with Gasteiger partial charge >= 0.3 is 0 Å². The molecule has 20 heavy (non-hydrogen) atoms. The molecule has 0 saturated carbocycles. The Kier molecular flexibility index (Phi) is 4.74. The van der Waals surface area contributed by atoms with Gasteiger partial charge in [-0.15, -0.1) is 0 Å². The number of hydrogen-bond donors (Lipinski definition) is 2. The summed E-state index contributed by atoms with van der Waals surface area (Å²) in [7, 11) is 0. The first-order valence-corrected chi connectivity index (χ1v) is 7.06. The second-order valence-electron chi connectivity index (χ2n) is 4.90. The van der Waals surface area contributed by atoms with E-state index in [0.717, 1.165) is 13.1 Å². The largest absolute Gasteiger partial charge is 0.339 e. The molecule has 1 fully saturated rings. The van der Waals surface area contributed by atoms with Gasteiger partial charge in [-0.25, -0.2) is 0 Å². The van der Waals surface area contributed by atoms with Gasteiger partial charge in [0.25, 0.3) is 5.91 Å². The Balaban J connectivity index is 2.07. The van der Waals surface area contributed by atoms with E-state index in [9.17, 15) is 9.59 Å². The zero-order valence-electron chi connectivity index (χ0n) is 12.0. The predicted octanol–water partition coefficient (Wildman–Crippen LogP) is 1.33. The summed E-state index contributed by atoms with van der Waals surface area (Å²) in [4.78, 5) is 25.9. The third-order valence-corrected chi connectivity index (χ3v) is 3.58. The van der Waals surface area contributed by atoms with E-state index in [4.69, 9.17) is 0 Å². The summed E-state index contributed by atoms with van der Waals surface area (Å²) in [6.45, 7) is 6.72. The molecular weight excluding hydrogens is 254 g/mol. The van der Waals surface area contributed by atoms with Crippen LogP contribution in [-0.2, 0) is 4.79 Å². The van der Waals surface area contributed by atoms with Gasteiger partial charge in [-0.3, -0.25) is 9.59 Å². The van der Waals surface area contributed by atoms with Crippen molar-refractivity contribution >= 4 is 17.5 Å². The maximum atomic E-state index is 12.2. The van der Waals surface area contributed by atoms with Crippen LogP contribution in [0.1, 0.15) is 24.2 Å². The van der Waals surface area contributed by atoms with Gasteiger partial charge in [0.05, 0.1) is 5.92 Å². The summed E-state index contributed by atoms with van der Waals surface area (Å²) < 4.78 is 0. The summed E-state index contributed by atoms with van der Waals surface area (Å²) in [5, 5.41) is 5.93. The normalized spacial score (nSPS) is 14.5. The van der Waals surface area contributed by atoms with Crippen molar-refractivity contribution in [1.82, 2.24) is 10.2 Å². The van der Waals surface area contributed by atoms with Gasteiger partial charge < -0.3 is 15.5 Å². The van der Waals surface area contributed by atoms with Gasteiger partial charge in [0.1, 0.15) is 0 Å². The van der Waals surface area contributed by atoms with Crippen LogP contribution in [-0.4, -0.2) is 42.9 Å². The fourth-order valence-corrected chi connectivity index (χ4v) is 2.14. The molecule has 5 nitrogen and oxygen atoms in total. The molecule has 0 bridgehead atoms. The number of carbonyl (C=O) groups excluding carboxylic acids is 2. The molecule has 2 rings (SSSR count). The molecule has 0 spiro atoms. The molecule has 0 atom stereocenters. The van der Waals surface area contributed by atoms with E-state index < -0.39 is 0 Å². The van der Waals surface area contributed by atoms with Crippen LogP contribution in [0.25, 0.3) is 0 Å². The van der Waals surface area contributed by atoms with E-state index in [2.05, 4.69) is 10.6 Å². The van der Waals surface area contributed by atoms with Gasteiger partial charge in [-0.2, -0.15) is 0 Å². The second-order valence-corrected chi connectivity index (χ2v) is 4.90. The van der Waals surface area contributed by atoms with Crippen LogP contribution in [0.2, 0.25) is 0 Å². The van der Waals surface area contributed by atoms with Crippen LogP contribution in [0, 0.1) is 5.92 Å². The molecule has 1 heterocycles. The molecule has 0 aromatic heterocycles. The first-order valence-electron chi connectivity index (χ1n) is 7.06. The van der Waals surface area contributed by atoms with Gasteiger partial charge in [-0.1, -0.05) is 6.07 Å². The molecule has 1 aliphatic rings. The molecule has 2 amide bonds. The highest BCUT2D eigenvalue weighted by Crippen LogP contribution is 2.15. The topological polar surface area (TPSA) is 61.4 Å². The first-order chi connectivity index (χ1) is 9.65. The number of benzene rings is 1. The van der Waals surface area contributed by atoms with Crippen molar-refractivity contribution in [3.63, 3.8) is 0 Å². The first kappa shape index (κ1) is 14.5. The van der Waals surface area contributed by atoms with E-state index in [1.54, 1.807) is 23.1 Å². The Labute approximate surface area is 119 Å². The quantitative estimate of drug-likeness (QED) is 0.852. The number of carbonyl (C=O) groups is 2. The fourth-order valence-electron chi connectivity index (χ4n) is 2.14. The molecule has 1 saturated heterocycles. The molecule has 5 heteroatoms. The van der Waals surface area contributed by atoms with Crippen molar-refractivity contribution in [1.29, 1.82) is 0 Å². The van der Waals surface area contributed by atoms with Crippen molar-refractivity contribution in [2.75, 3.05) is 31.5 Å². The zero-order valence-corrected chi connectivity index (χ0v) is 12.0. The molecule has 0 unspecified atom stereocenters. The highest BCUT2D eigenvalue weighted by molar-refractivity contribution is 5.98. The lowest BCUT2D eigenvalue weighted by Gasteiger charge is -2.26. The molecule has 0 radical (unpaired) electrons. The Morgan fingerprint density at radius 2 is 2.00 bits per heavy atom. The number of rotatable bonds is 5. The number of anilines is 1. The smallest absolute Gasteiger partial charge is 0.253 e. The minimum absolute atomic E-state index is 0.00332. The summed E-state index contributed by atoms with van der Waals surface area (Å²) in [6, 6.07) is 7.13. The van der Waals surface area contributed by atoms with Gasteiger partial charge in [0.2, 0.25) is 5.91 Å². The van der Waals surface area contributed by atoms with E-state index in [1.165, 1.54) is 0 Å². The van der Waals surface area contributed by atoms with E-state index in [0.29, 0.717) is 24.3 Å². The van der Waals surface area contributed by atoms with Crippen molar-refractivity contribution < 1.29 is 9.59 Å². The Hall–Kier alpha value is -1.88. The van der Waals surface area contributed by atoms with Crippen LogP contribution in [0.5, 0.6) is 0 Å². The van der Waals surface area contributed by atoms with Crippen molar-refractivity contribution in [3.8, 4) is 0 Å². The minimum Gasteiger partial charge on any atom is -0.339 e. The number of amides is 2. The average Bonchev–Trinajstić information content (AvgIpc) is 2.38. The maximum Gasteiger partial charge on any atom is 0.253 e. The fraction of sp³-hybridized carbons (Fsp3) is 0.467. The minimum atomic E-state index is -0.00332. The molecule has 1 aliphatic heterocycles. The van der Waals surface area contributed by atoms with Crippen LogP contribution in [0.3, 0.4) is 0 Å². The standard InChI is InChI=1S/C15H21N3O2/c1-3-18(4-2)15(20)11-6-5-7-13(8-11)17-14(19)12-9-16-10-12/h5-8,12,16H,3-4,9-10H2,1-2H3,(H,17,19). The third kappa shape index (κ3) is 3.17. The molecule has 1 aromatic carbocycles. The van der Waals surface area contributed by atoms with E-state index in [-0.39, 0.29) is 17.7 Å². The predicted molar refractivity (Wildman–Crippen MR) is 78.7 cm³/mol. The monoisotopic (exact) mass is 275 g/mol. The van der Waals surface area contributed by atoms with Gasteiger partial charge in [-0.05, 0) is 32.0 Å². The summed E-state index contributed by atoms with van der Waals surface area (Å²) in [5.41, 5.74) is 1.29. The molecule has 2 N–H and O–H groups in total. The van der Waals surface area contributed by atoms with Crippen LogP contribution in [0.4, 0.5) is 5.69 Å². The van der Waals surface area contributed by atoms with Gasteiger partial charge in [0.15, 0.2) is 0 Å². The number of hydrogen-bond acceptors (Lipinski definition) is 3. The Morgan fingerprint density at radius 1 is 1.30 bits per heavy atom.